The second-order valence-corrected chi connectivity index (χ2v) is 5.47. The molecule has 1 aromatic carbocycles. The van der Waals surface area contributed by atoms with Crippen LogP contribution in [0.4, 0.5) is 5.69 Å². The van der Waals surface area contributed by atoms with Crippen molar-refractivity contribution in [3.63, 3.8) is 0 Å². The molecule has 0 unspecified atom stereocenters. The Balaban J connectivity index is 1.94. The number of nitrogens with zero attached hydrogens (tertiary/aromatic N) is 2. The van der Waals surface area contributed by atoms with Gasteiger partial charge in [0.1, 0.15) is 18.0 Å². The number of hydrogen-bond donors (Lipinski definition) is 2. The summed E-state index contributed by atoms with van der Waals surface area (Å²) in [7, 11) is 0. The number of aliphatic hydroxyl groups excluding tert-OH is 1. The molecule has 0 saturated carbocycles. The van der Waals surface area contributed by atoms with Crippen molar-refractivity contribution < 1.29 is 19.4 Å². The summed E-state index contributed by atoms with van der Waals surface area (Å²) in [5.41, 5.74) is 0.782. The van der Waals surface area contributed by atoms with E-state index in [9.17, 15) is 14.7 Å². The lowest BCUT2D eigenvalue weighted by molar-refractivity contribution is -0.120. The molecule has 7 heteroatoms. The molecule has 0 aliphatic carbocycles. The molecule has 24 heavy (non-hydrogen) atoms. The van der Waals surface area contributed by atoms with Crippen molar-refractivity contribution in [2.24, 2.45) is 0 Å². The summed E-state index contributed by atoms with van der Waals surface area (Å²) in [6.45, 7) is 1.50. The quantitative estimate of drug-likeness (QED) is 0.884. The van der Waals surface area contributed by atoms with Gasteiger partial charge < -0.3 is 15.2 Å². The van der Waals surface area contributed by atoms with Gasteiger partial charge in [-0.1, -0.05) is 12.1 Å². The van der Waals surface area contributed by atoms with Gasteiger partial charge in [0.15, 0.2) is 0 Å². The molecule has 7 nitrogen and oxygen atoms in total. The maximum atomic E-state index is 12.9. The third-order valence-corrected chi connectivity index (χ3v) is 3.51. The normalized spacial score (nSPS) is 14.1. The average molecular weight is 327 g/mol. The minimum absolute atomic E-state index is 0.119. The molecule has 0 radical (unpaired) electrons. The Morgan fingerprint density at radius 3 is 2.92 bits per heavy atom. The molecule has 2 amide bonds. The topological polar surface area (TPSA) is 91.8 Å². The standard InChI is InChI=1S/C17H17N3O4/c1-11(21)9-19-15(22)10-20-13-6-4-8-18-16(13)24-14-7-3-2-5-12(14)17(20)23/h2-8,11,21H,9-10H2,1H3,(H,19,22)/t11-/m1/s1. The number of carbonyl (C=O) groups excluding carboxylic acids is 2. The second-order valence-electron chi connectivity index (χ2n) is 5.47. The van der Waals surface area contributed by atoms with Gasteiger partial charge in [0, 0.05) is 12.7 Å². The summed E-state index contributed by atoms with van der Waals surface area (Å²) >= 11 is 0. The van der Waals surface area contributed by atoms with Crippen LogP contribution >= 0.6 is 0 Å². The van der Waals surface area contributed by atoms with Crippen LogP contribution in [0.1, 0.15) is 17.3 Å². The van der Waals surface area contributed by atoms with Gasteiger partial charge in [0.05, 0.1) is 11.7 Å². The molecule has 1 atom stereocenters. The number of fused-ring (bicyclic) bond motifs is 2. The van der Waals surface area contributed by atoms with E-state index in [1.54, 1.807) is 49.5 Å². The molecular weight excluding hydrogens is 310 g/mol. The zero-order chi connectivity index (χ0) is 17.1. The number of anilines is 1. The van der Waals surface area contributed by atoms with Gasteiger partial charge in [0.25, 0.3) is 5.91 Å². The highest BCUT2D eigenvalue weighted by Crippen LogP contribution is 2.36. The molecule has 2 N–H and O–H groups in total. The summed E-state index contributed by atoms with van der Waals surface area (Å²) in [4.78, 5) is 30.5. The van der Waals surface area contributed by atoms with E-state index in [1.165, 1.54) is 4.90 Å². The number of aromatic nitrogens is 1. The predicted octanol–water partition coefficient (Wildman–Crippen LogP) is 1.33. The fourth-order valence-electron chi connectivity index (χ4n) is 2.38. The maximum absolute atomic E-state index is 12.9. The predicted molar refractivity (Wildman–Crippen MR) is 87.1 cm³/mol. The fraction of sp³-hybridized carbons (Fsp3) is 0.235. The number of rotatable bonds is 4. The summed E-state index contributed by atoms with van der Waals surface area (Å²) in [6, 6.07) is 10.2. The lowest BCUT2D eigenvalue weighted by Crippen LogP contribution is -2.42. The molecule has 124 valence electrons. The van der Waals surface area contributed by atoms with E-state index in [0.717, 1.165) is 0 Å². The third kappa shape index (κ3) is 3.21. The Morgan fingerprint density at radius 2 is 2.12 bits per heavy atom. The van der Waals surface area contributed by atoms with Crippen LogP contribution < -0.4 is 15.0 Å². The molecule has 1 aliphatic heterocycles. The summed E-state index contributed by atoms with van der Waals surface area (Å²) in [5.74, 6) is -0.0588. The molecule has 1 aromatic heterocycles. The van der Waals surface area contributed by atoms with E-state index in [-0.39, 0.29) is 30.8 Å². The van der Waals surface area contributed by atoms with E-state index >= 15 is 0 Å². The zero-order valence-corrected chi connectivity index (χ0v) is 13.1. The third-order valence-electron chi connectivity index (χ3n) is 3.51. The number of pyridine rings is 1. The van der Waals surface area contributed by atoms with Gasteiger partial charge in [-0.05, 0) is 31.2 Å². The first-order valence-corrected chi connectivity index (χ1v) is 7.55. The van der Waals surface area contributed by atoms with Gasteiger partial charge >= 0.3 is 0 Å². The van der Waals surface area contributed by atoms with Crippen molar-refractivity contribution in [2.75, 3.05) is 18.0 Å². The molecule has 2 heterocycles. The van der Waals surface area contributed by atoms with Crippen LogP contribution in [-0.4, -0.2) is 41.1 Å². The summed E-state index contributed by atoms with van der Waals surface area (Å²) < 4.78 is 5.74. The molecule has 1 aliphatic rings. The van der Waals surface area contributed by atoms with Gasteiger partial charge in [-0.2, -0.15) is 0 Å². The van der Waals surface area contributed by atoms with E-state index < -0.39 is 6.10 Å². The van der Waals surface area contributed by atoms with Crippen LogP contribution in [0.2, 0.25) is 0 Å². The van der Waals surface area contributed by atoms with E-state index in [1.807, 2.05) is 0 Å². The van der Waals surface area contributed by atoms with Crippen LogP contribution in [-0.2, 0) is 4.79 Å². The Morgan fingerprint density at radius 1 is 1.33 bits per heavy atom. The van der Waals surface area contributed by atoms with Crippen LogP contribution in [0.15, 0.2) is 42.6 Å². The fourth-order valence-corrected chi connectivity index (χ4v) is 2.38. The van der Waals surface area contributed by atoms with Crippen LogP contribution in [0.5, 0.6) is 11.6 Å². The largest absolute Gasteiger partial charge is 0.436 e. The van der Waals surface area contributed by atoms with E-state index in [4.69, 9.17) is 4.74 Å². The SMILES string of the molecule is C[C@@H](O)CNC(=O)CN1C(=O)c2ccccc2Oc2ncccc21. The number of nitrogens with one attached hydrogen (secondary N) is 1. The van der Waals surface area contributed by atoms with Crippen molar-refractivity contribution in [3.8, 4) is 11.6 Å². The van der Waals surface area contributed by atoms with Gasteiger partial charge in [-0.25, -0.2) is 4.98 Å². The Labute approximate surface area is 138 Å². The summed E-state index contributed by atoms with van der Waals surface area (Å²) in [5, 5.41) is 11.8. The Bertz CT molecular complexity index is 776. The van der Waals surface area contributed by atoms with Crippen molar-refractivity contribution >= 4 is 17.5 Å². The summed E-state index contributed by atoms with van der Waals surface area (Å²) in [6.07, 6.45) is 0.898. The van der Waals surface area contributed by atoms with Crippen LogP contribution in [0, 0.1) is 0 Å². The monoisotopic (exact) mass is 327 g/mol. The Hall–Kier alpha value is -2.93. The molecule has 0 saturated heterocycles. The highest BCUT2D eigenvalue weighted by Gasteiger charge is 2.30. The number of para-hydroxylation sites is 1. The smallest absolute Gasteiger partial charge is 0.262 e. The molecule has 2 aromatic rings. The highest BCUT2D eigenvalue weighted by atomic mass is 16.5. The number of amides is 2. The number of carbonyl (C=O) groups is 2. The Kier molecular flexibility index (Phi) is 4.43. The van der Waals surface area contributed by atoms with E-state index in [0.29, 0.717) is 17.0 Å². The highest BCUT2D eigenvalue weighted by molar-refractivity contribution is 6.11. The van der Waals surface area contributed by atoms with E-state index in [2.05, 4.69) is 10.3 Å². The first kappa shape index (κ1) is 15.9. The van der Waals surface area contributed by atoms with Crippen molar-refractivity contribution in [1.29, 1.82) is 0 Å². The van der Waals surface area contributed by atoms with Crippen molar-refractivity contribution in [2.45, 2.75) is 13.0 Å². The average Bonchev–Trinajstić information content (AvgIpc) is 2.69. The lowest BCUT2D eigenvalue weighted by atomic mass is 10.1. The first-order valence-electron chi connectivity index (χ1n) is 7.55. The minimum atomic E-state index is -0.660. The lowest BCUT2D eigenvalue weighted by Gasteiger charge is -2.21. The molecule has 0 fully saturated rings. The first-order chi connectivity index (χ1) is 11.6. The second kappa shape index (κ2) is 6.67. The number of ether oxygens (including phenoxy) is 1. The molecule has 0 spiro atoms. The van der Waals surface area contributed by atoms with Crippen LogP contribution in [0.25, 0.3) is 0 Å². The zero-order valence-electron chi connectivity index (χ0n) is 13.1. The van der Waals surface area contributed by atoms with Gasteiger partial charge in [-0.3, -0.25) is 14.5 Å². The van der Waals surface area contributed by atoms with Crippen molar-refractivity contribution in [3.05, 3.63) is 48.2 Å². The molecule has 0 bridgehead atoms. The van der Waals surface area contributed by atoms with Gasteiger partial charge in [-0.15, -0.1) is 0 Å². The molecule has 3 rings (SSSR count). The minimum Gasteiger partial charge on any atom is -0.436 e. The van der Waals surface area contributed by atoms with Gasteiger partial charge in [0.2, 0.25) is 11.8 Å². The number of aliphatic hydroxyl groups is 1. The number of hydrogen-bond acceptors (Lipinski definition) is 5. The number of benzene rings is 1. The van der Waals surface area contributed by atoms with Crippen LogP contribution in [0.3, 0.4) is 0 Å². The maximum Gasteiger partial charge on any atom is 0.262 e. The van der Waals surface area contributed by atoms with Crippen molar-refractivity contribution in [1.82, 2.24) is 10.3 Å². The molecular formula is C17H17N3O4.